The molecule has 0 aliphatic heterocycles. The van der Waals surface area contributed by atoms with Gasteiger partial charge < -0.3 is 15.7 Å². The van der Waals surface area contributed by atoms with Gasteiger partial charge in [0.25, 0.3) is 0 Å². The van der Waals surface area contributed by atoms with Crippen molar-refractivity contribution in [3.05, 3.63) is 29.8 Å². The van der Waals surface area contributed by atoms with Crippen LogP contribution in [0.25, 0.3) is 0 Å². The largest absolute Gasteiger partial charge is 0.481 e. The van der Waals surface area contributed by atoms with E-state index >= 15 is 0 Å². The molecule has 1 saturated carbocycles. The number of carboxylic acid groups (broad SMARTS) is 1. The van der Waals surface area contributed by atoms with Crippen molar-refractivity contribution in [1.29, 1.82) is 0 Å². The maximum atomic E-state index is 12.1. The smallest absolute Gasteiger partial charge is 0.305 e. The highest BCUT2D eigenvalue weighted by Crippen LogP contribution is 2.30. The average molecular weight is 290 g/mol. The number of ketones is 1. The second kappa shape index (κ2) is 6.49. The van der Waals surface area contributed by atoms with E-state index in [1.807, 2.05) is 0 Å². The fraction of sp³-hybridized carbons (Fsp3) is 0.400. The molecule has 2 rings (SSSR count). The fourth-order valence-corrected chi connectivity index (χ4v) is 2.01. The molecule has 1 atom stereocenters. The number of carbonyl (C=O) groups is 3. The molecule has 0 aromatic heterocycles. The molecular weight excluding hydrogens is 272 g/mol. The van der Waals surface area contributed by atoms with E-state index in [1.165, 1.54) is 0 Å². The van der Waals surface area contributed by atoms with E-state index in [-0.39, 0.29) is 24.0 Å². The first-order valence-corrected chi connectivity index (χ1v) is 6.85. The maximum Gasteiger partial charge on any atom is 0.305 e. The van der Waals surface area contributed by atoms with E-state index < -0.39 is 12.0 Å². The number of likely N-dealkylation sites (N-methyl/N-ethyl adjacent to an activating group) is 1. The molecule has 21 heavy (non-hydrogen) atoms. The van der Waals surface area contributed by atoms with Crippen molar-refractivity contribution >= 4 is 23.3 Å². The topological polar surface area (TPSA) is 95.5 Å². The van der Waals surface area contributed by atoms with Gasteiger partial charge in [0.2, 0.25) is 5.91 Å². The van der Waals surface area contributed by atoms with Gasteiger partial charge >= 0.3 is 5.97 Å². The Morgan fingerprint density at radius 1 is 1.24 bits per heavy atom. The minimum absolute atomic E-state index is 0.00746. The minimum Gasteiger partial charge on any atom is -0.481 e. The third kappa shape index (κ3) is 4.13. The van der Waals surface area contributed by atoms with Gasteiger partial charge in [-0.15, -0.1) is 0 Å². The Balaban J connectivity index is 2.01. The lowest BCUT2D eigenvalue weighted by Crippen LogP contribution is -2.36. The van der Waals surface area contributed by atoms with Crippen LogP contribution in [0.15, 0.2) is 24.3 Å². The van der Waals surface area contributed by atoms with Crippen LogP contribution in [0.3, 0.4) is 0 Å². The summed E-state index contributed by atoms with van der Waals surface area (Å²) >= 11 is 0. The summed E-state index contributed by atoms with van der Waals surface area (Å²) in [7, 11) is 1.55. The molecule has 1 aliphatic rings. The molecule has 1 aromatic carbocycles. The van der Waals surface area contributed by atoms with Crippen LogP contribution in [-0.4, -0.2) is 35.9 Å². The molecule has 3 N–H and O–H groups in total. The molecule has 0 bridgehead atoms. The van der Waals surface area contributed by atoms with Crippen LogP contribution in [0.1, 0.15) is 29.6 Å². The number of hydrogen-bond acceptors (Lipinski definition) is 4. The van der Waals surface area contributed by atoms with Gasteiger partial charge in [-0.2, -0.15) is 0 Å². The van der Waals surface area contributed by atoms with Crippen molar-refractivity contribution in [2.45, 2.75) is 25.3 Å². The number of carbonyl (C=O) groups excluding carboxylic acids is 2. The monoisotopic (exact) mass is 290 g/mol. The summed E-state index contributed by atoms with van der Waals surface area (Å²) in [6.07, 6.45) is 1.60. The van der Waals surface area contributed by atoms with Crippen LogP contribution >= 0.6 is 0 Å². The molecule has 1 aliphatic carbocycles. The maximum absolute atomic E-state index is 12.1. The lowest BCUT2D eigenvalue weighted by molar-refractivity contribution is -0.137. The molecule has 0 saturated heterocycles. The van der Waals surface area contributed by atoms with Crippen LogP contribution in [0.5, 0.6) is 0 Å². The zero-order valence-electron chi connectivity index (χ0n) is 11.8. The highest BCUT2D eigenvalue weighted by Gasteiger charge is 2.29. The first-order chi connectivity index (χ1) is 10.0. The van der Waals surface area contributed by atoms with Gasteiger partial charge in [-0.25, -0.2) is 0 Å². The van der Waals surface area contributed by atoms with E-state index in [9.17, 15) is 14.4 Å². The number of rotatable bonds is 7. The quantitative estimate of drug-likeness (QED) is 0.657. The number of Topliss-reactive ketones (excluding diaryl/α,β-unsaturated/α-hetero) is 1. The van der Waals surface area contributed by atoms with Crippen molar-refractivity contribution in [3.63, 3.8) is 0 Å². The number of nitrogens with one attached hydrogen (secondary N) is 2. The number of anilines is 1. The van der Waals surface area contributed by atoms with Gasteiger partial charge in [0.15, 0.2) is 5.78 Å². The molecule has 1 aromatic rings. The van der Waals surface area contributed by atoms with Gasteiger partial charge in [-0.3, -0.25) is 14.4 Å². The Hall–Kier alpha value is -2.21. The normalized spacial score (nSPS) is 15.3. The summed E-state index contributed by atoms with van der Waals surface area (Å²) < 4.78 is 0. The average Bonchev–Trinajstić information content (AvgIpc) is 3.29. The lowest BCUT2D eigenvalue weighted by Gasteiger charge is -2.13. The Morgan fingerprint density at radius 3 is 2.33 bits per heavy atom. The van der Waals surface area contributed by atoms with Crippen LogP contribution < -0.4 is 10.6 Å². The Kier molecular flexibility index (Phi) is 4.70. The van der Waals surface area contributed by atoms with Gasteiger partial charge in [-0.1, -0.05) is 0 Å². The van der Waals surface area contributed by atoms with Crippen LogP contribution in [0, 0.1) is 5.92 Å². The number of amides is 1. The Morgan fingerprint density at radius 2 is 1.86 bits per heavy atom. The molecule has 0 heterocycles. The fourth-order valence-electron chi connectivity index (χ4n) is 2.01. The van der Waals surface area contributed by atoms with Gasteiger partial charge in [0, 0.05) is 17.2 Å². The van der Waals surface area contributed by atoms with Crippen LogP contribution in [-0.2, 0) is 9.59 Å². The second-order valence-corrected chi connectivity index (χ2v) is 5.14. The third-order valence-electron chi connectivity index (χ3n) is 3.43. The predicted octanol–water partition coefficient (Wildman–Crippen LogP) is 1.28. The van der Waals surface area contributed by atoms with Gasteiger partial charge in [0.1, 0.15) is 0 Å². The van der Waals surface area contributed by atoms with Crippen molar-refractivity contribution in [2.24, 2.45) is 5.92 Å². The van der Waals surface area contributed by atoms with E-state index in [0.717, 1.165) is 12.8 Å². The number of hydrogen-bond donors (Lipinski definition) is 3. The molecule has 1 fully saturated rings. The number of carboxylic acids is 1. The van der Waals surface area contributed by atoms with Crippen LogP contribution in [0.4, 0.5) is 5.69 Å². The summed E-state index contributed by atoms with van der Waals surface area (Å²) in [4.78, 5) is 34.5. The van der Waals surface area contributed by atoms with Gasteiger partial charge in [-0.05, 0) is 44.2 Å². The third-order valence-corrected chi connectivity index (χ3v) is 3.43. The zero-order chi connectivity index (χ0) is 15.4. The molecular formula is C15H18N2O4. The SMILES string of the molecule is CNC(CC(=O)O)C(=O)c1ccc(NC(=O)C2CC2)cc1. The lowest BCUT2D eigenvalue weighted by atomic mass is 10.0. The van der Waals surface area contributed by atoms with Gasteiger partial charge in [0.05, 0.1) is 12.5 Å². The summed E-state index contributed by atoms with van der Waals surface area (Å²) in [5.74, 6) is -1.18. The standard InChI is InChI=1S/C15H18N2O4/c1-16-12(8-13(18)19)14(20)9-4-6-11(7-5-9)17-15(21)10-2-3-10/h4-7,10,12,16H,2-3,8H2,1H3,(H,17,21)(H,18,19). The molecule has 6 heteroatoms. The minimum atomic E-state index is -1.03. The summed E-state index contributed by atoms with van der Waals surface area (Å²) in [6.45, 7) is 0. The second-order valence-electron chi connectivity index (χ2n) is 5.14. The summed E-state index contributed by atoms with van der Waals surface area (Å²) in [6, 6.07) is 5.74. The van der Waals surface area contributed by atoms with Crippen molar-refractivity contribution < 1.29 is 19.5 Å². The van der Waals surface area contributed by atoms with E-state index in [1.54, 1.807) is 31.3 Å². The molecule has 6 nitrogen and oxygen atoms in total. The molecule has 1 unspecified atom stereocenters. The molecule has 0 radical (unpaired) electrons. The Labute approximate surface area is 122 Å². The van der Waals surface area contributed by atoms with E-state index in [4.69, 9.17) is 5.11 Å². The predicted molar refractivity (Wildman–Crippen MR) is 77.2 cm³/mol. The van der Waals surface area contributed by atoms with E-state index in [2.05, 4.69) is 10.6 Å². The number of aliphatic carboxylic acids is 1. The zero-order valence-corrected chi connectivity index (χ0v) is 11.8. The molecule has 0 spiro atoms. The first-order valence-electron chi connectivity index (χ1n) is 6.85. The number of benzene rings is 1. The highest BCUT2D eigenvalue weighted by atomic mass is 16.4. The van der Waals surface area contributed by atoms with Crippen molar-refractivity contribution in [2.75, 3.05) is 12.4 Å². The van der Waals surface area contributed by atoms with Crippen LogP contribution in [0.2, 0.25) is 0 Å². The van der Waals surface area contributed by atoms with E-state index in [0.29, 0.717) is 11.3 Å². The van der Waals surface area contributed by atoms with Crippen molar-refractivity contribution in [3.8, 4) is 0 Å². The van der Waals surface area contributed by atoms with Crippen molar-refractivity contribution in [1.82, 2.24) is 5.32 Å². The highest BCUT2D eigenvalue weighted by molar-refractivity contribution is 6.02. The summed E-state index contributed by atoms with van der Waals surface area (Å²) in [5, 5.41) is 14.3. The first kappa shape index (κ1) is 15.2. The summed E-state index contributed by atoms with van der Waals surface area (Å²) in [5.41, 5.74) is 1.06. The Bertz CT molecular complexity index is 549. The molecule has 112 valence electrons. The molecule has 1 amide bonds.